The monoisotopic (exact) mass is 306 g/mol. The second-order valence-corrected chi connectivity index (χ2v) is 4.81. The molecule has 0 radical (unpaired) electrons. The first-order valence-corrected chi connectivity index (χ1v) is 6.41. The number of hydrogen-bond acceptors (Lipinski definition) is 3. The van der Waals surface area contributed by atoms with Crippen molar-refractivity contribution in [1.29, 1.82) is 0 Å². The molecule has 0 unspecified atom stereocenters. The van der Waals surface area contributed by atoms with Crippen molar-refractivity contribution < 1.29 is 13.3 Å². The van der Waals surface area contributed by atoms with Crippen LogP contribution in [0.2, 0.25) is 5.02 Å². The summed E-state index contributed by atoms with van der Waals surface area (Å²) in [6.45, 7) is 0. The Morgan fingerprint density at radius 2 is 1.76 bits per heavy atom. The summed E-state index contributed by atoms with van der Waals surface area (Å²) in [6.07, 6.45) is 0. The van der Waals surface area contributed by atoms with Gasteiger partial charge in [0.05, 0.1) is 5.56 Å². The van der Waals surface area contributed by atoms with E-state index in [0.29, 0.717) is 0 Å². The van der Waals surface area contributed by atoms with Gasteiger partial charge in [-0.05, 0) is 24.3 Å². The fourth-order valence-corrected chi connectivity index (χ4v) is 2.25. The molecular weight excluding hydrogens is 298 g/mol. The van der Waals surface area contributed by atoms with Gasteiger partial charge >= 0.3 is 0 Å². The fraction of sp³-hybridized carbons (Fsp3) is 0. The Labute approximate surface area is 123 Å². The van der Waals surface area contributed by atoms with Gasteiger partial charge in [0.2, 0.25) is 5.88 Å². The molecule has 6 heteroatoms. The minimum absolute atomic E-state index is 0.0792. The maximum absolute atomic E-state index is 14.0. The number of nitrogens with two attached hydrogens (primary N) is 1. The molecule has 0 aliphatic heterocycles. The Morgan fingerprint density at radius 3 is 2.48 bits per heavy atom. The van der Waals surface area contributed by atoms with E-state index in [9.17, 15) is 8.78 Å². The summed E-state index contributed by atoms with van der Waals surface area (Å²) in [5.74, 6) is -1.17. The molecule has 0 bridgehead atoms. The number of hydrogen-bond donors (Lipinski definition) is 1. The summed E-state index contributed by atoms with van der Waals surface area (Å²) in [5.41, 5.74) is 6.40. The number of rotatable bonds is 2. The summed E-state index contributed by atoms with van der Waals surface area (Å²) >= 11 is 5.72. The van der Waals surface area contributed by atoms with Crippen LogP contribution in [0.3, 0.4) is 0 Å². The topological polar surface area (TPSA) is 52.0 Å². The van der Waals surface area contributed by atoms with Crippen LogP contribution in [-0.4, -0.2) is 5.16 Å². The van der Waals surface area contributed by atoms with Crippen LogP contribution in [0.1, 0.15) is 0 Å². The predicted octanol–water partition coefficient (Wildman–Crippen LogP) is 4.52. The number of nitrogen functional groups attached to an aromatic ring is 1. The molecule has 3 nitrogen and oxygen atoms in total. The van der Waals surface area contributed by atoms with E-state index in [1.54, 1.807) is 12.1 Å². The molecule has 0 saturated heterocycles. The van der Waals surface area contributed by atoms with Gasteiger partial charge in [0, 0.05) is 16.1 Å². The van der Waals surface area contributed by atoms with E-state index in [4.69, 9.17) is 21.9 Å². The lowest BCUT2D eigenvalue weighted by atomic mass is 10.0. The number of aromatic nitrogens is 1. The molecule has 3 aromatic rings. The molecule has 1 aromatic heterocycles. The summed E-state index contributed by atoms with van der Waals surface area (Å²) in [6, 6.07) is 10.1. The van der Waals surface area contributed by atoms with Crippen LogP contribution < -0.4 is 5.73 Å². The first kappa shape index (κ1) is 13.6. The number of nitrogens with zero attached hydrogens (tertiary/aromatic N) is 1. The molecule has 0 atom stereocenters. The van der Waals surface area contributed by atoms with E-state index in [1.165, 1.54) is 24.3 Å². The molecule has 21 heavy (non-hydrogen) atoms. The Kier molecular flexibility index (Phi) is 3.35. The van der Waals surface area contributed by atoms with Crippen LogP contribution in [0.15, 0.2) is 47.0 Å². The molecule has 0 fully saturated rings. The van der Waals surface area contributed by atoms with Crippen molar-refractivity contribution in [3.05, 3.63) is 59.1 Å². The molecule has 0 saturated carbocycles. The number of benzene rings is 2. The molecule has 2 N–H and O–H groups in total. The van der Waals surface area contributed by atoms with Gasteiger partial charge in [0.25, 0.3) is 0 Å². The Bertz CT molecular complexity index is 817. The van der Waals surface area contributed by atoms with Crippen molar-refractivity contribution in [3.63, 3.8) is 0 Å². The average Bonchev–Trinajstić information content (AvgIpc) is 2.81. The van der Waals surface area contributed by atoms with Gasteiger partial charge < -0.3 is 10.3 Å². The van der Waals surface area contributed by atoms with E-state index >= 15 is 0 Å². The smallest absolute Gasteiger partial charge is 0.230 e. The van der Waals surface area contributed by atoms with Crippen LogP contribution in [0.4, 0.5) is 14.7 Å². The van der Waals surface area contributed by atoms with Crippen molar-refractivity contribution in [3.8, 4) is 22.4 Å². The van der Waals surface area contributed by atoms with Crippen LogP contribution in [0, 0.1) is 11.6 Å². The second kappa shape index (κ2) is 5.18. The second-order valence-electron chi connectivity index (χ2n) is 4.37. The maximum Gasteiger partial charge on any atom is 0.230 e. The Morgan fingerprint density at radius 1 is 1.00 bits per heavy atom. The van der Waals surface area contributed by atoms with Crippen molar-refractivity contribution in [2.75, 3.05) is 5.73 Å². The van der Waals surface area contributed by atoms with Gasteiger partial charge in [-0.15, -0.1) is 0 Å². The number of halogens is 3. The Balaban J connectivity index is 2.25. The molecule has 2 aromatic carbocycles. The third-order valence-electron chi connectivity index (χ3n) is 3.05. The first-order chi connectivity index (χ1) is 10.1. The molecule has 0 aliphatic carbocycles. The molecule has 106 valence electrons. The molecule has 0 spiro atoms. The van der Waals surface area contributed by atoms with Gasteiger partial charge in [0.1, 0.15) is 17.3 Å². The highest BCUT2D eigenvalue weighted by molar-refractivity contribution is 6.30. The molecule has 1 heterocycles. The van der Waals surface area contributed by atoms with Crippen molar-refractivity contribution in [2.24, 2.45) is 0 Å². The average molecular weight is 307 g/mol. The molecule has 0 amide bonds. The Hall–Kier alpha value is -2.40. The van der Waals surface area contributed by atoms with E-state index in [1.807, 2.05) is 0 Å². The minimum atomic E-state index is -0.589. The zero-order valence-corrected chi connectivity index (χ0v) is 11.4. The number of anilines is 1. The summed E-state index contributed by atoms with van der Waals surface area (Å²) < 4.78 is 32.9. The van der Waals surface area contributed by atoms with Crippen LogP contribution in [0.25, 0.3) is 22.4 Å². The van der Waals surface area contributed by atoms with E-state index in [0.717, 1.165) is 6.07 Å². The third-order valence-corrected chi connectivity index (χ3v) is 3.28. The highest BCUT2D eigenvalue weighted by atomic mass is 35.5. The maximum atomic E-state index is 14.0. The zero-order chi connectivity index (χ0) is 15.0. The quantitative estimate of drug-likeness (QED) is 0.757. The van der Waals surface area contributed by atoms with Crippen LogP contribution in [-0.2, 0) is 0 Å². The predicted molar refractivity (Wildman–Crippen MR) is 76.7 cm³/mol. The normalized spacial score (nSPS) is 10.8. The molecule has 0 aliphatic rings. The van der Waals surface area contributed by atoms with Crippen LogP contribution in [0.5, 0.6) is 0 Å². The first-order valence-electron chi connectivity index (χ1n) is 6.03. The highest BCUT2D eigenvalue weighted by Gasteiger charge is 2.22. The van der Waals surface area contributed by atoms with Gasteiger partial charge in [-0.3, -0.25) is 0 Å². The molecule has 3 rings (SSSR count). The van der Waals surface area contributed by atoms with Gasteiger partial charge in [0.15, 0.2) is 0 Å². The highest BCUT2D eigenvalue weighted by Crippen LogP contribution is 2.38. The lowest BCUT2D eigenvalue weighted by Crippen LogP contribution is -1.92. The minimum Gasteiger partial charge on any atom is -0.367 e. The van der Waals surface area contributed by atoms with Gasteiger partial charge in [-0.1, -0.05) is 35.0 Å². The van der Waals surface area contributed by atoms with Gasteiger partial charge in [-0.25, -0.2) is 8.78 Å². The zero-order valence-electron chi connectivity index (χ0n) is 10.6. The summed E-state index contributed by atoms with van der Waals surface area (Å²) in [4.78, 5) is 0. The standard InChI is InChI=1S/C15H9ClF2N2O/c16-8-5-6-10(12(18)7-8)14-13(15(19)21-20-14)9-3-1-2-4-11(9)17/h1-7H,19H2. The third kappa shape index (κ3) is 2.36. The van der Waals surface area contributed by atoms with Gasteiger partial charge in [-0.2, -0.15) is 0 Å². The van der Waals surface area contributed by atoms with Crippen molar-refractivity contribution in [1.82, 2.24) is 5.16 Å². The lowest BCUT2D eigenvalue weighted by molar-refractivity contribution is 0.439. The largest absolute Gasteiger partial charge is 0.367 e. The molecular formula is C15H9ClF2N2O. The van der Waals surface area contributed by atoms with Crippen LogP contribution >= 0.6 is 11.6 Å². The lowest BCUT2D eigenvalue weighted by Gasteiger charge is -2.05. The van der Waals surface area contributed by atoms with Crippen molar-refractivity contribution >= 4 is 17.5 Å². The summed E-state index contributed by atoms with van der Waals surface area (Å²) in [7, 11) is 0. The van der Waals surface area contributed by atoms with E-state index in [-0.39, 0.29) is 33.3 Å². The van der Waals surface area contributed by atoms with E-state index < -0.39 is 11.6 Å². The fourth-order valence-electron chi connectivity index (χ4n) is 2.09. The van der Waals surface area contributed by atoms with E-state index in [2.05, 4.69) is 5.16 Å². The SMILES string of the molecule is Nc1onc(-c2ccc(Cl)cc2F)c1-c1ccccc1F. The summed E-state index contributed by atoms with van der Waals surface area (Å²) in [5, 5.41) is 3.99. The van der Waals surface area contributed by atoms with Crippen molar-refractivity contribution in [2.45, 2.75) is 0 Å².